The van der Waals surface area contributed by atoms with Crippen molar-refractivity contribution in [2.24, 2.45) is 5.73 Å². The second-order valence-corrected chi connectivity index (χ2v) is 3.99. The first kappa shape index (κ1) is 9.59. The lowest BCUT2D eigenvalue weighted by Gasteiger charge is -2.23. The lowest BCUT2D eigenvalue weighted by atomic mass is 9.85. The fraction of sp³-hybridized carbons (Fsp3) is 0.636. The molecular weight excluding hydrogens is 174 g/mol. The van der Waals surface area contributed by atoms with Crippen LogP contribution in [0, 0.1) is 6.92 Å². The third kappa shape index (κ3) is 1.77. The molecule has 0 aromatic carbocycles. The molecule has 0 radical (unpaired) electrons. The van der Waals surface area contributed by atoms with Crippen molar-refractivity contribution in [3.8, 4) is 0 Å². The summed E-state index contributed by atoms with van der Waals surface area (Å²) in [5, 5.41) is 0. The van der Waals surface area contributed by atoms with Crippen LogP contribution in [0.25, 0.3) is 0 Å². The van der Waals surface area contributed by atoms with Crippen molar-refractivity contribution in [2.45, 2.75) is 38.5 Å². The van der Waals surface area contributed by atoms with Crippen LogP contribution >= 0.6 is 0 Å². The number of nitrogens with two attached hydrogens (primary N) is 1. The van der Waals surface area contributed by atoms with E-state index in [1.54, 1.807) is 0 Å². The summed E-state index contributed by atoms with van der Waals surface area (Å²) < 4.78 is 0. The molecule has 0 bridgehead atoms. The molecule has 2 N–H and O–H groups in total. The normalized spacial score (nSPS) is 20.6. The van der Waals surface area contributed by atoms with E-state index in [-0.39, 0.29) is 0 Å². The van der Waals surface area contributed by atoms with E-state index in [4.69, 9.17) is 5.73 Å². The molecule has 1 aromatic heterocycles. The summed E-state index contributed by atoms with van der Waals surface area (Å²) in [7, 11) is 0. The van der Waals surface area contributed by atoms with Crippen molar-refractivity contribution in [3.63, 3.8) is 0 Å². The molecule has 0 saturated heterocycles. The summed E-state index contributed by atoms with van der Waals surface area (Å²) in [6.07, 6.45) is 6.67. The number of rotatable bonds is 2. The molecule has 1 atom stereocenters. The van der Waals surface area contributed by atoms with Crippen LogP contribution in [0.4, 0.5) is 0 Å². The molecule has 14 heavy (non-hydrogen) atoms. The maximum Gasteiger partial charge on any atom is 0.125 e. The zero-order valence-corrected chi connectivity index (χ0v) is 8.66. The van der Waals surface area contributed by atoms with Crippen LogP contribution in [0.1, 0.15) is 42.3 Å². The fourth-order valence-electron chi connectivity index (χ4n) is 2.22. The average molecular weight is 191 g/mol. The minimum Gasteiger partial charge on any atom is -0.330 e. The molecule has 1 aliphatic rings. The SMILES string of the molecule is Cc1ncc2c(n1)C(CCN)CCC2. The number of nitrogens with zero attached hydrogens (tertiary/aromatic N) is 2. The van der Waals surface area contributed by atoms with Crippen molar-refractivity contribution in [2.75, 3.05) is 6.54 Å². The van der Waals surface area contributed by atoms with E-state index in [0.29, 0.717) is 5.92 Å². The van der Waals surface area contributed by atoms with Crippen LogP contribution in [0.15, 0.2) is 6.20 Å². The number of fused-ring (bicyclic) bond motifs is 1. The van der Waals surface area contributed by atoms with Gasteiger partial charge in [0.25, 0.3) is 0 Å². The quantitative estimate of drug-likeness (QED) is 0.771. The van der Waals surface area contributed by atoms with Crippen LogP contribution in [-0.2, 0) is 6.42 Å². The highest BCUT2D eigenvalue weighted by Gasteiger charge is 2.21. The zero-order valence-electron chi connectivity index (χ0n) is 8.66. The summed E-state index contributed by atoms with van der Waals surface area (Å²) >= 11 is 0. The smallest absolute Gasteiger partial charge is 0.125 e. The van der Waals surface area contributed by atoms with Crippen LogP contribution < -0.4 is 5.73 Å². The van der Waals surface area contributed by atoms with Crippen molar-refractivity contribution in [1.29, 1.82) is 0 Å². The molecule has 2 rings (SSSR count). The molecular formula is C11H17N3. The number of hydrogen-bond donors (Lipinski definition) is 1. The Kier molecular flexibility index (Phi) is 2.77. The van der Waals surface area contributed by atoms with E-state index in [2.05, 4.69) is 9.97 Å². The fourth-order valence-corrected chi connectivity index (χ4v) is 2.22. The molecule has 0 amide bonds. The van der Waals surface area contributed by atoms with Gasteiger partial charge in [0.15, 0.2) is 0 Å². The van der Waals surface area contributed by atoms with Gasteiger partial charge in [0.1, 0.15) is 5.82 Å². The maximum absolute atomic E-state index is 5.61. The van der Waals surface area contributed by atoms with E-state index >= 15 is 0 Å². The summed E-state index contributed by atoms with van der Waals surface area (Å²) in [4.78, 5) is 8.79. The minimum atomic E-state index is 0.574. The lowest BCUT2D eigenvalue weighted by Crippen LogP contribution is -2.16. The first-order valence-electron chi connectivity index (χ1n) is 5.33. The van der Waals surface area contributed by atoms with Crippen LogP contribution in [0.5, 0.6) is 0 Å². The van der Waals surface area contributed by atoms with E-state index in [0.717, 1.165) is 25.2 Å². The van der Waals surface area contributed by atoms with E-state index in [1.165, 1.54) is 24.1 Å². The second-order valence-electron chi connectivity index (χ2n) is 3.99. The monoisotopic (exact) mass is 191 g/mol. The number of hydrogen-bond acceptors (Lipinski definition) is 3. The minimum absolute atomic E-state index is 0.574. The summed E-state index contributed by atoms with van der Waals surface area (Å²) in [5.41, 5.74) is 8.20. The highest BCUT2D eigenvalue weighted by Crippen LogP contribution is 2.31. The van der Waals surface area contributed by atoms with Gasteiger partial charge in [-0.05, 0) is 44.7 Å². The molecule has 0 aliphatic heterocycles. The highest BCUT2D eigenvalue weighted by atomic mass is 14.9. The van der Waals surface area contributed by atoms with Crippen LogP contribution in [-0.4, -0.2) is 16.5 Å². The number of aromatic nitrogens is 2. The molecule has 1 heterocycles. The van der Waals surface area contributed by atoms with Gasteiger partial charge < -0.3 is 5.73 Å². The predicted molar refractivity (Wildman–Crippen MR) is 56.1 cm³/mol. The Bertz CT molecular complexity index is 322. The molecule has 0 spiro atoms. The standard InChI is InChI=1S/C11H17N3/c1-8-13-7-10-4-2-3-9(5-6-12)11(10)14-8/h7,9H,2-6,12H2,1H3. The van der Waals surface area contributed by atoms with Crippen molar-refractivity contribution in [1.82, 2.24) is 9.97 Å². The van der Waals surface area contributed by atoms with E-state index in [9.17, 15) is 0 Å². The Balaban J connectivity index is 2.32. The molecule has 0 fully saturated rings. The summed E-state index contributed by atoms with van der Waals surface area (Å²) in [5.74, 6) is 1.46. The summed E-state index contributed by atoms with van der Waals surface area (Å²) in [6, 6.07) is 0. The van der Waals surface area contributed by atoms with Gasteiger partial charge in [-0.25, -0.2) is 9.97 Å². The Morgan fingerprint density at radius 2 is 2.43 bits per heavy atom. The molecule has 76 valence electrons. The first-order valence-corrected chi connectivity index (χ1v) is 5.33. The summed E-state index contributed by atoms with van der Waals surface area (Å²) in [6.45, 7) is 2.71. The molecule has 1 unspecified atom stereocenters. The maximum atomic E-state index is 5.61. The zero-order chi connectivity index (χ0) is 9.97. The van der Waals surface area contributed by atoms with Crippen LogP contribution in [0.3, 0.4) is 0 Å². The Morgan fingerprint density at radius 1 is 1.57 bits per heavy atom. The van der Waals surface area contributed by atoms with Crippen molar-refractivity contribution >= 4 is 0 Å². The topological polar surface area (TPSA) is 51.8 Å². The van der Waals surface area contributed by atoms with Gasteiger partial charge in [0.05, 0.1) is 5.69 Å². The molecule has 1 aliphatic carbocycles. The molecule has 3 nitrogen and oxygen atoms in total. The third-order valence-electron chi connectivity index (χ3n) is 2.92. The van der Waals surface area contributed by atoms with Crippen molar-refractivity contribution in [3.05, 3.63) is 23.3 Å². The Hall–Kier alpha value is -0.960. The van der Waals surface area contributed by atoms with Crippen molar-refractivity contribution < 1.29 is 0 Å². The Morgan fingerprint density at radius 3 is 3.21 bits per heavy atom. The van der Waals surface area contributed by atoms with Gasteiger partial charge in [-0.3, -0.25) is 0 Å². The van der Waals surface area contributed by atoms with Gasteiger partial charge >= 0.3 is 0 Å². The third-order valence-corrected chi connectivity index (χ3v) is 2.92. The van der Waals surface area contributed by atoms with Gasteiger partial charge in [-0.2, -0.15) is 0 Å². The lowest BCUT2D eigenvalue weighted by molar-refractivity contribution is 0.508. The Labute approximate surface area is 84.8 Å². The molecule has 0 saturated carbocycles. The largest absolute Gasteiger partial charge is 0.330 e. The van der Waals surface area contributed by atoms with E-state index in [1.807, 2.05) is 13.1 Å². The van der Waals surface area contributed by atoms with Crippen LogP contribution in [0.2, 0.25) is 0 Å². The van der Waals surface area contributed by atoms with E-state index < -0.39 is 0 Å². The average Bonchev–Trinajstić information content (AvgIpc) is 2.19. The first-order chi connectivity index (χ1) is 6.81. The van der Waals surface area contributed by atoms with Gasteiger partial charge in [0.2, 0.25) is 0 Å². The highest BCUT2D eigenvalue weighted by molar-refractivity contribution is 5.24. The predicted octanol–water partition coefficient (Wildman–Crippen LogP) is 1.55. The van der Waals surface area contributed by atoms with Gasteiger partial charge in [0, 0.05) is 12.1 Å². The van der Waals surface area contributed by atoms with Gasteiger partial charge in [-0.1, -0.05) is 0 Å². The van der Waals surface area contributed by atoms with Gasteiger partial charge in [-0.15, -0.1) is 0 Å². The second kappa shape index (κ2) is 4.05. The molecule has 3 heteroatoms. The number of aryl methyl sites for hydroxylation is 2. The molecule has 1 aromatic rings.